The average molecular weight is 289 g/mol. The van der Waals surface area contributed by atoms with Gasteiger partial charge in [0.15, 0.2) is 0 Å². The van der Waals surface area contributed by atoms with E-state index in [-0.39, 0.29) is 11.3 Å². The lowest BCUT2D eigenvalue weighted by molar-refractivity contribution is -0.136. The number of ether oxygens (including phenoxy) is 2. The van der Waals surface area contributed by atoms with Gasteiger partial charge in [0, 0.05) is 11.6 Å². The molecule has 6 nitrogen and oxygen atoms in total. The molecule has 1 aromatic carbocycles. The Kier molecular flexibility index (Phi) is 5.88. The van der Waals surface area contributed by atoms with Gasteiger partial charge in [0.05, 0.1) is 19.9 Å². The molecule has 0 amide bonds. The molecule has 0 aliphatic carbocycles. The second-order valence-corrected chi connectivity index (χ2v) is 3.85. The number of hydrogen-bond acceptors (Lipinski definition) is 6. The summed E-state index contributed by atoms with van der Waals surface area (Å²) < 4.78 is 8.94. The number of esters is 2. The third-order valence-corrected chi connectivity index (χ3v) is 2.54. The van der Waals surface area contributed by atoms with Crippen molar-refractivity contribution >= 4 is 17.7 Å². The molecule has 0 aliphatic rings. The topological polar surface area (TPSA) is 96.7 Å². The van der Waals surface area contributed by atoms with Crippen molar-refractivity contribution in [2.45, 2.75) is 0 Å². The molecule has 0 saturated carbocycles. The first kappa shape index (κ1) is 16.2. The van der Waals surface area contributed by atoms with Gasteiger partial charge in [0.2, 0.25) is 0 Å². The van der Waals surface area contributed by atoms with Gasteiger partial charge in [-0.25, -0.2) is 9.59 Å². The first-order valence-corrected chi connectivity index (χ1v) is 5.93. The largest absolute Gasteiger partial charge is 0.507 e. The van der Waals surface area contributed by atoms with Crippen LogP contribution in [-0.2, 0) is 19.1 Å². The Bertz CT molecular complexity index is 602. The SMILES string of the molecule is COC(=O)C=C/C(O)=C(/C(=N)c1ccccc1)C(=O)OC. The number of methoxy groups -OCH3 is 2. The van der Waals surface area contributed by atoms with Crippen LogP contribution >= 0.6 is 0 Å². The van der Waals surface area contributed by atoms with E-state index < -0.39 is 17.7 Å². The molecule has 6 heteroatoms. The second kappa shape index (κ2) is 7.64. The van der Waals surface area contributed by atoms with E-state index in [1.165, 1.54) is 7.11 Å². The Balaban J connectivity index is 3.23. The van der Waals surface area contributed by atoms with Crippen LogP contribution in [0.1, 0.15) is 5.56 Å². The lowest BCUT2D eigenvalue weighted by atomic mass is 10.0. The molecule has 0 bridgehead atoms. The summed E-state index contributed by atoms with van der Waals surface area (Å²) in [5, 5.41) is 17.9. The number of rotatable bonds is 5. The van der Waals surface area contributed by atoms with Crippen molar-refractivity contribution in [3.05, 3.63) is 59.4 Å². The van der Waals surface area contributed by atoms with Crippen molar-refractivity contribution < 1.29 is 24.2 Å². The second-order valence-electron chi connectivity index (χ2n) is 3.85. The molecule has 110 valence electrons. The maximum absolute atomic E-state index is 11.8. The fourth-order valence-corrected chi connectivity index (χ4v) is 1.48. The van der Waals surface area contributed by atoms with Crippen LogP contribution in [0.25, 0.3) is 0 Å². The van der Waals surface area contributed by atoms with Gasteiger partial charge in [-0.1, -0.05) is 30.3 Å². The Morgan fingerprint density at radius 3 is 2.24 bits per heavy atom. The van der Waals surface area contributed by atoms with Crippen molar-refractivity contribution in [3.8, 4) is 0 Å². The Labute approximate surface area is 121 Å². The highest BCUT2D eigenvalue weighted by molar-refractivity contribution is 6.25. The minimum atomic E-state index is -0.879. The lowest BCUT2D eigenvalue weighted by Gasteiger charge is -2.08. The van der Waals surface area contributed by atoms with E-state index in [0.717, 1.165) is 19.3 Å². The van der Waals surface area contributed by atoms with Crippen molar-refractivity contribution in [2.24, 2.45) is 0 Å². The zero-order valence-corrected chi connectivity index (χ0v) is 11.6. The Morgan fingerprint density at radius 2 is 1.71 bits per heavy atom. The first-order valence-electron chi connectivity index (χ1n) is 5.93. The highest BCUT2D eigenvalue weighted by Crippen LogP contribution is 2.14. The van der Waals surface area contributed by atoms with Gasteiger partial charge in [-0.2, -0.15) is 0 Å². The number of hydrogen-bond donors (Lipinski definition) is 2. The van der Waals surface area contributed by atoms with Crippen molar-refractivity contribution in [2.75, 3.05) is 14.2 Å². The van der Waals surface area contributed by atoms with Crippen molar-refractivity contribution in [3.63, 3.8) is 0 Å². The highest BCUT2D eigenvalue weighted by Gasteiger charge is 2.21. The smallest absolute Gasteiger partial charge is 0.343 e. The van der Waals surface area contributed by atoms with Crippen LogP contribution in [-0.4, -0.2) is 37.0 Å². The van der Waals surface area contributed by atoms with Crippen LogP contribution in [0, 0.1) is 5.41 Å². The number of carbonyl (C=O) groups excluding carboxylic acids is 2. The van der Waals surface area contributed by atoms with Gasteiger partial charge in [-0.05, 0) is 6.08 Å². The van der Waals surface area contributed by atoms with E-state index in [0.29, 0.717) is 5.56 Å². The standard InChI is InChI=1S/C15H15NO5/c1-20-12(18)9-8-11(17)13(15(19)21-2)14(16)10-6-4-3-5-7-10/h3-9,16-17H,1-2H3/b9-8?,13-11+,16-14?. The van der Waals surface area contributed by atoms with Crippen LogP contribution in [0.5, 0.6) is 0 Å². The zero-order valence-electron chi connectivity index (χ0n) is 11.6. The molecule has 1 aromatic rings. The van der Waals surface area contributed by atoms with E-state index in [1.807, 2.05) is 0 Å². The van der Waals surface area contributed by atoms with Gasteiger partial charge in [0.25, 0.3) is 0 Å². The third kappa shape index (κ3) is 4.31. The number of aliphatic hydroxyl groups is 1. The molecule has 0 saturated heterocycles. The molecule has 0 aromatic heterocycles. The third-order valence-electron chi connectivity index (χ3n) is 2.54. The van der Waals surface area contributed by atoms with E-state index in [2.05, 4.69) is 9.47 Å². The average Bonchev–Trinajstić information content (AvgIpc) is 2.53. The molecule has 0 aliphatic heterocycles. The molecule has 0 atom stereocenters. The fourth-order valence-electron chi connectivity index (χ4n) is 1.48. The number of allylic oxidation sites excluding steroid dienone is 1. The van der Waals surface area contributed by atoms with Gasteiger partial charge >= 0.3 is 11.9 Å². The van der Waals surface area contributed by atoms with E-state index >= 15 is 0 Å². The highest BCUT2D eigenvalue weighted by atomic mass is 16.5. The summed E-state index contributed by atoms with van der Waals surface area (Å²) in [4.78, 5) is 22.8. The predicted molar refractivity (Wildman–Crippen MR) is 76.1 cm³/mol. The van der Waals surface area contributed by atoms with Crippen LogP contribution < -0.4 is 0 Å². The number of benzene rings is 1. The van der Waals surface area contributed by atoms with Crippen LogP contribution in [0.15, 0.2) is 53.8 Å². The van der Waals surface area contributed by atoms with Gasteiger partial charge < -0.3 is 14.6 Å². The minimum absolute atomic E-state index is 0.213. The molecule has 0 unspecified atom stereocenters. The first-order chi connectivity index (χ1) is 10.0. The minimum Gasteiger partial charge on any atom is -0.507 e. The maximum atomic E-state index is 11.8. The Morgan fingerprint density at radius 1 is 1.10 bits per heavy atom. The number of nitrogens with one attached hydrogen (secondary N) is 1. The summed E-state index contributed by atoms with van der Waals surface area (Å²) in [5.74, 6) is -2.13. The molecule has 2 N–H and O–H groups in total. The van der Waals surface area contributed by atoms with Crippen molar-refractivity contribution in [1.82, 2.24) is 0 Å². The van der Waals surface area contributed by atoms with Crippen molar-refractivity contribution in [1.29, 1.82) is 5.41 Å². The summed E-state index contributed by atoms with van der Waals surface area (Å²) >= 11 is 0. The fraction of sp³-hybridized carbons (Fsp3) is 0.133. The molecular formula is C15H15NO5. The monoisotopic (exact) mass is 289 g/mol. The summed E-state index contributed by atoms with van der Waals surface area (Å²) in [7, 11) is 2.32. The molecule has 1 rings (SSSR count). The van der Waals surface area contributed by atoms with Gasteiger partial charge in [-0.15, -0.1) is 0 Å². The van der Waals surface area contributed by atoms with E-state index in [4.69, 9.17) is 5.41 Å². The molecule has 21 heavy (non-hydrogen) atoms. The van der Waals surface area contributed by atoms with Gasteiger partial charge in [0.1, 0.15) is 11.3 Å². The summed E-state index contributed by atoms with van der Waals surface area (Å²) in [6, 6.07) is 8.38. The number of aliphatic hydroxyl groups excluding tert-OH is 1. The zero-order chi connectivity index (χ0) is 15.8. The lowest BCUT2D eigenvalue weighted by Crippen LogP contribution is -2.17. The molecule has 0 heterocycles. The summed E-state index contributed by atoms with van der Waals surface area (Å²) in [6.07, 6.45) is 1.92. The summed E-state index contributed by atoms with van der Waals surface area (Å²) in [6.45, 7) is 0. The van der Waals surface area contributed by atoms with Crippen LogP contribution in [0.3, 0.4) is 0 Å². The molecule has 0 radical (unpaired) electrons. The maximum Gasteiger partial charge on any atom is 0.343 e. The Hall–Kier alpha value is -2.89. The van der Waals surface area contributed by atoms with Gasteiger partial charge in [-0.3, -0.25) is 5.41 Å². The van der Waals surface area contributed by atoms with E-state index in [9.17, 15) is 14.7 Å². The molecule has 0 fully saturated rings. The summed E-state index contributed by atoms with van der Waals surface area (Å²) in [5.41, 5.74) is -0.130. The predicted octanol–water partition coefficient (Wildman–Crippen LogP) is 1.77. The number of carbonyl (C=O) groups is 2. The molecular weight excluding hydrogens is 274 g/mol. The van der Waals surface area contributed by atoms with Crippen LogP contribution in [0.2, 0.25) is 0 Å². The normalized spacial score (nSPS) is 11.7. The van der Waals surface area contributed by atoms with Crippen LogP contribution in [0.4, 0.5) is 0 Å². The quantitative estimate of drug-likeness (QED) is 0.283. The van der Waals surface area contributed by atoms with E-state index in [1.54, 1.807) is 30.3 Å². The molecule has 0 spiro atoms.